The Kier molecular flexibility index (Phi) is 5.86. The molecule has 0 bridgehead atoms. The number of sulfonamides is 1. The van der Waals surface area contributed by atoms with Gasteiger partial charge in [-0.1, -0.05) is 12.1 Å². The highest BCUT2D eigenvalue weighted by molar-refractivity contribution is 7.89. The Bertz CT molecular complexity index is 867. The van der Waals surface area contributed by atoms with Gasteiger partial charge in [0.2, 0.25) is 10.0 Å². The lowest BCUT2D eigenvalue weighted by Gasteiger charge is -2.19. The van der Waals surface area contributed by atoms with E-state index < -0.39 is 33.7 Å². The maximum absolute atomic E-state index is 13.3. The minimum absolute atomic E-state index is 0.0135. The minimum Gasteiger partial charge on any atom is -0.481 e. The SMILES string of the molecule is Cc1cc(S(=O)(=O)NC(CCC(=O)O)c2ccc(F)cc2)ccc1F. The first kappa shape index (κ1) is 19.0. The number of rotatable bonds is 7. The van der Waals surface area contributed by atoms with E-state index in [0.29, 0.717) is 5.56 Å². The van der Waals surface area contributed by atoms with Crippen LogP contribution in [0.15, 0.2) is 47.4 Å². The summed E-state index contributed by atoms with van der Waals surface area (Å²) in [7, 11) is -4.01. The van der Waals surface area contributed by atoms with Gasteiger partial charge in [-0.05, 0) is 54.8 Å². The molecule has 0 aliphatic rings. The standard InChI is InChI=1S/C17H17F2NO4S/c1-11-10-14(6-7-15(11)19)25(23,24)20-16(8-9-17(21)22)12-2-4-13(18)5-3-12/h2-7,10,16,20H,8-9H2,1H3,(H,21,22). The second kappa shape index (κ2) is 7.71. The molecule has 0 spiro atoms. The van der Waals surface area contributed by atoms with Gasteiger partial charge >= 0.3 is 5.97 Å². The van der Waals surface area contributed by atoms with E-state index in [4.69, 9.17) is 5.11 Å². The number of carboxylic acid groups (broad SMARTS) is 1. The maximum atomic E-state index is 13.3. The predicted octanol–water partition coefficient (Wildman–Crippen LogP) is 3.16. The molecule has 8 heteroatoms. The summed E-state index contributed by atoms with van der Waals surface area (Å²) in [5.41, 5.74) is 0.608. The average molecular weight is 369 g/mol. The third-order valence-corrected chi connectivity index (χ3v) is 5.13. The van der Waals surface area contributed by atoms with E-state index >= 15 is 0 Å². The molecule has 1 atom stereocenters. The van der Waals surface area contributed by atoms with Crippen LogP contribution < -0.4 is 4.72 Å². The molecular formula is C17H17F2NO4S. The maximum Gasteiger partial charge on any atom is 0.303 e. The van der Waals surface area contributed by atoms with Crippen LogP contribution in [-0.4, -0.2) is 19.5 Å². The van der Waals surface area contributed by atoms with E-state index in [1.165, 1.54) is 37.3 Å². The Morgan fingerprint density at radius 3 is 2.36 bits per heavy atom. The van der Waals surface area contributed by atoms with Gasteiger partial charge in [0.15, 0.2) is 0 Å². The lowest BCUT2D eigenvalue weighted by molar-refractivity contribution is -0.137. The van der Waals surface area contributed by atoms with Crippen LogP contribution in [-0.2, 0) is 14.8 Å². The minimum atomic E-state index is -4.01. The van der Waals surface area contributed by atoms with Gasteiger partial charge in [0.25, 0.3) is 0 Å². The molecule has 1 unspecified atom stereocenters. The summed E-state index contributed by atoms with van der Waals surface area (Å²) in [6.45, 7) is 1.44. The lowest BCUT2D eigenvalue weighted by Crippen LogP contribution is -2.29. The molecule has 0 aliphatic heterocycles. The fourth-order valence-electron chi connectivity index (χ4n) is 2.30. The Hall–Kier alpha value is -2.32. The molecule has 0 saturated carbocycles. The number of carboxylic acids is 1. The van der Waals surface area contributed by atoms with Crippen molar-refractivity contribution >= 4 is 16.0 Å². The number of aryl methyl sites for hydroxylation is 1. The molecule has 134 valence electrons. The van der Waals surface area contributed by atoms with E-state index in [0.717, 1.165) is 12.1 Å². The topological polar surface area (TPSA) is 83.5 Å². The van der Waals surface area contributed by atoms with Crippen molar-refractivity contribution in [3.63, 3.8) is 0 Å². The van der Waals surface area contributed by atoms with Crippen molar-refractivity contribution in [2.24, 2.45) is 0 Å². The second-order valence-electron chi connectivity index (χ2n) is 5.57. The van der Waals surface area contributed by atoms with Crippen LogP contribution in [0.5, 0.6) is 0 Å². The van der Waals surface area contributed by atoms with Crippen molar-refractivity contribution in [1.29, 1.82) is 0 Å². The van der Waals surface area contributed by atoms with Crippen molar-refractivity contribution in [3.05, 3.63) is 65.2 Å². The van der Waals surface area contributed by atoms with Gasteiger partial charge in [0, 0.05) is 12.5 Å². The first-order chi connectivity index (χ1) is 11.7. The van der Waals surface area contributed by atoms with E-state index in [9.17, 15) is 22.0 Å². The van der Waals surface area contributed by atoms with Crippen molar-refractivity contribution in [3.8, 4) is 0 Å². The fourth-order valence-corrected chi connectivity index (χ4v) is 3.64. The summed E-state index contributed by atoms with van der Waals surface area (Å²) in [4.78, 5) is 10.7. The Balaban J connectivity index is 2.31. The largest absolute Gasteiger partial charge is 0.481 e. The van der Waals surface area contributed by atoms with Gasteiger partial charge in [-0.2, -0.15) is 0 Å². The summed E-state index contributed by atoms with van der Waals surface area (Å²) < 4.78 is 53.9. The first-order valence-corrected chi connectivity index (χ1v) is 8.93. The highest BCUT2D eigenvalue weighted by Crippen LogP contribution is 2.23. The summed E-state index contributed by atoms with van der Waals surface area (Å²) in [6, 6.07) is 7.63. The zero-order valence-electron chi connectivity index (χ0n) is 13.4. The fraction of sp³-hybridized carbons (Fsp3) is 0.235. The van der Waals surface area contributed by atoms with Crippen LogP contribution in [0.4, 0.5) is 8.78 Å². The van der Waals surface area contributed by atoms with Crippen LogP contribution >= 0.6 is 0 Å². The smallest absolute Gasteiger partial charge is 0.303 e. The molecule has 0 fully saturated rings. The molecule has 0 radical (unpaired) electrons. The second-order valence-corrected chi connectivity index (χ2v) is 7.28. The van der Waals surface area contributed by atoms with Crippen molar-refractivity contribution in [2.75, 3.05) is 0 Å². The third-order valence-electron chi connectivity index (χ3n) is 3.66. The molecule has 2 aromatic carbocycles. The first-order valence-electron chi connectivity index (χ1n) is 7.45. The monoisotopic (exact) mass is 369 g/mol. The van der Waals surface area contributed by atoms with Crippen LogP contribution in [0.1, 0.15) is 30.0 Å². The van der Waals surface area contributed by atoms with Crippen molar-refractivity contribution in [2.45, 2.75) is 30.7 Å². The van der Waals surface area contributed by atoms with Gasteiger partial charge in [0.05, 0.1) is 4.90 Å². The molecule has 0 saturated heterocycles. The van der Waals surface area contributed by atoms with Crippen LogP contribution in [0.25, 0.3) is 0 Å². The number of nitrogens with one attached hydrogen (secondary N) is 1. The van der Waals surface area contributed by atoms with E-state index in [2.05, 4.69) is 4.72 Å². The normalized spacial score (nSPS) is 12.8. The quantitative estimate of drug-likeness (QED) is 0.785. The summed E-state index contributed by atoms with van der Waals surface area (Å²) in [5, 5.41) is 8.86. The summed E-state index contributed by atoms with van der Waals surface area (Å²) in [6.07, 6.45) is -0.284. The number of benzene rings is 2. The molecule has 2 aromatic rings. The molecule has 0 amide bonds. The average Bonchev–Trinajstić information content (AvgIpc) is 2.54. The van der Waals surface area contributed by atoms with Crippen LogP contribution in [0.2, 0.25) is 0 Å². The van der Waals surface area contributed by atoms with Crippen LogP contribution in [0.3, 0.4) is 0 Å². The molecule has 0 heterocycles. The third kappa shape index (κ3) is 5.07. The van der Waals surface area contributed by atoms with Crippen molar-refractivity contribution < 1.29 is 27.1 Å². The molecule has 2 N–H and O–H groups in total. The number of carbonyl (C=O) groups is 1. The molecule has 0 aromatic heterocycles. The number of aliphatic carboxylic acids is 1. The zero-order valence-corrected chi connectivity index (χ0v) is 14.2. The number of hydrogen-bond donors (Lipinski definition) is 2. The Morgan fingerprint density at radius 2 is 1.80 bits per heavy atom. The Morgan fingerprint density at radius 1 is 1.16 bits per heavy atom. The van der Waals surface area contributed by atoms with Crippen LogP contribution in [0, 0.1) is 18.6 Å². The number of halogens is 2. The Labute approximate surface area is 144 Å². The van der Waals surface area contributed by atoms with Gasteiger partial charge in [-0.25, -0.2) is 21.9 Å². The molecule has 2 rings (SSSR count). The van der Waals surface area contributed by atoms with E-state index in [1.54, 1.807) is 0 Å². The predicted molar refractivity (Wildman–Crippen MR) is 87.5 cm³/mol. The molecule has 5 nitrogen and oxygen atoms in total. The summed E-state index contributed by atoms with van der Waals surface area (Å²) in [5.74, 6) is -2.10. The number of hydrogen-bond acceptors (Lipinski definition) is 3. The van der Waals surface area contributed by atoms with E-state index in [1.807, 2.05) is 0 Å². The highest BCUT2D eigenvalue weighted by atomic mass is 32.2. The molecular weight excluding hydrogens is 352 g/mol. The van der Waals surface area contributed by atoms with Gasteiger partial charge in [-0.15, -0.1) is 0 Å². The van der Waals surface area contributed by atoms with Gasteiger partial charge in [-0.3, -0.25) is 4.79 Å². The highest BCUT2D eigenvalue weighted by Gasteiger charge is 2.23. The van der Waals surface area contributed by atoms with Gasteiger partial charge in [0.1, 0.15) is 11.6 Å². The van der Waals surface area contributed by atoms with Gasteiger partial charge < -0.3 is 5.11 Å². The lowest BCUT2D eigenvalue weighted by atomic mass is 10.0. The van der Waals surface area contributed by atoms with E-state index in [-0.39, 0.29) is 23.3 Å². The summed E-state index contributed by atoms with van der Waals surface area (Å²) >= 11 is 0. The van der Waals surface area contributed by atoms with Crippen molar-refractivity contribution in [1.82, 2.24) is 4.72 Å². The zero-order chi connectivity index (χ0) is 18.6. The molecule has 25 heavy (non-hydrogen) atoms. The molecule has 0 aliphatic carbocycles.